The molecule has 116 valence electrons. The highest BCUT2D eigenvalue weighted by molar-refractivity contribution is 5.97. The lowest BCUT2D eigenvalue weighted by Gasteiger charge is -2.35. The van der Waals surface area contributed by atoms with E-state index in [0.29, 0.717) is 17.4 Å². The number of nitrogens with two attached hydrogens (primary N) is 1. The Morgan fingerprint density at radius 2 is 2.24 bits per heavy atom. The van der Waals surface area contributed by atoms with Crippen molar-refractivity contribution < 1.29 is 4.79 Å². The quantitative estimate of drug-likeness (QED) is 0.868. The number of hydrogen-bond acceptors (Lipinski definition) is 4. The molecule has 1 aliphatic rings. The molecule has 2 heterocycles. The van der Waals surface area contributed by atoms with Crippen molar-refractivity contribution in [2.75, 3.05) is 18.0 Å². The second-order valence-electron chi connectivity index (χ2n) is 6.08. The SMILES string of the molecule is Cc1ccc(C(N)=O)c(N(CC2CCCCN2)C(C)C)n1. The van der Waals surface area contributed by atoms with E-state index < -0.39 is 5.91 Å². The largest absolute Gasteiger partial charge is 0.365 e. The van der Waals surface area contributed by atoms with Crippen molar-refractivity contribution in [2.45, 2.75) is 52.1 Å². The van der Waals surface area contributed by atoms with Crippen LogP contribution >= 0.6 is 0 Å². The summed E-state index contributed by atoms with van der Waals surface area (Å²) in [4.78, 5) is 18.5. The Balaban J connectivity index is 2.28. The lowest BCUT2D eigenvalue weighted by atomic mass is 10.0. The van der Waals surface area contributed by atoms with Crippen LogP contribution in [0.15, 0.2) is 12.1 Å². The zero-order valence-electron chi connectivity index (χ0n) is 13.2. The van der Waals surface area contributed by atoms with Crippen molar-refractivity contribution in [2.24, 2.45) is 5.73 Å². The number of piperidine rings is 1. The number of nitrogens with one attached hydrogen (secondary N) is 1. The second-order valence-corrected chi connectivity index (χ2v) is 6.08. The molecule has 0 spiro atoms. The van der Waals surface area contributed by atoms with Crippen molar-refractivity contribution >= 4 is 11.7 Å². The third-order valence-corrected chi connectivity index (χ3v) is 4.00. The molecule has 5 heteroatoms. The lowest BCUT2D eigenvalue weighted by molar-refractivity contribution is 0.100. The predicted octanol–water partition coefficient (Wildman–Crippen LogP) is 1.85. The van der Waals surface area contributed by atoms with E-state index in [0.717, 1.165) is 18.8 Å². The molecule has 5 nitrogen and oxygen atoms in total. The summed E-state index contributed by atoms with van der Waals surface area (Å²) in [5.74, 6) is 0.296. The van der Waals surface area contributed by atoms with Gasteiger partial charge in [-0.3, -0.25) is 4.79 Å². The summed E-state index contributed by atoms with van der Waals surface area (Å²) in [6, 6.07) is 4.33. The first kappa shape index (κ1) is 15.8. The highest BCUT2D eigenvalue weighted by atomic mass is 16.1. The smallest absolute Gasteiger partial charge is 0.252 e. The van der Waals surface area contributed by atoms with E-state index >= 15 is 0 Å². The maximum atomic E-state index is 11.7. The predicted molar refractivity (Wildman–Crippen MR) is 85.6 cm³/mol. The van der Waals surface area contributed by atoms with Gasteiger partial charge in [-0.05, 0) is 52.3 Å². The van der Waals surface area contributed by atoms with Gasteiger partial charge in [-0.2, -0.15) is 0 Å². The number of amides is 1. The Bertz CT molecular complexity index is 495. The minimum absolute atomic E-state index is 0.265. The van der Waals surface area contributed by atoms with Crippen LogP contribution in [0.1, 0.15) is 49.2 Å². The third kappa shape index (κ3) is 3.94. The van der Waals surface area contributed by atoms with Crippen LogP contribution in [0.3, 0.4) is 0 Å². The number of carbonyl (C=O) groups excluding carboxylic acids is 1. The van der Waals surface area contributed by atoms with Gasteiger partial charge in [-0.1, -0.05) is 6.42 Å². The van der Waals surface area contributed by atoms with Crippen LogP contribution in [0.25, 0.3) is 0 Å². The maximum Gasteiger partial charge on any atom is 0.252 e. The van der Waals surface area contributed by atoms with E-state index in [1.54, 1.807) is 6.07 Å². The molecule has 0 radical (unpaired) electrons. The molecule has 0 bridgehead atoms. The lowest BCUT2D eigenvalue weighted by Crippen LogP contribution is -2.47. The monoisotopic (exact) mass is 290 g/mol. The van der Waals surface area contributed by atoms with Crippen molar-refractivity contribution in [1.29, 1.82) is 0 Å². The number of carbonyl (C=O) groups is 1. The molecule has 3 N–H and O–H groups in total. The average Bonchev–Trinajstić information content (AvgIpc) is 2.45. The number of primary amides is 1. The van der Waals surface area contributed by atoms with Crippen molar-refractivity contribution in [1.82, 2.24) is 10.3 Å². The molecule has 0 saturated carbocycles. The molecule has 1 aromatic rings. The summed E-state index contributed by atoms with van der Waals surface area (Å²) < 4.78 is 0. The number of aromatic nitrogens is 1. The van der Waals surface area contributed by atoms with Gasteiger partial charge in [0.05, 0.1) is 5.56 Å². The van der Waals surface area contributed by atoms with Gasteiger partial charge in [0, 0.05) is 24.3 Å². The Morgan fingerprint density at radius 1 is 1.48 bits per heavy atom. The highest BCUT2D eigenvalue weighted by Gasteiger charge is 2.23. The zero-order valence-corrected chi connectivity index (χ0v) is 13.2. The first-order chi connectivity index (χ1) is 9.99. The normalized spacial score (nSPS) is 18.8. The summed E-state index contributed by atoms with van der Waals surface area (Å²) in [5.41, 5.74) is 6.92. The van der Waals surface area contributed by atoms with Crippen LogP contribution in [0.5, 0.6) is 0 Å². The van der Waals surface area contributed by atoms with Crippen LogP contribution < -0.4 is 16.0 Å². The molecule has 1 unspecified atom stereocenters. The van der Waals surface area contributed by atoms with Crippen LogP contribution in [-0.2, 0) is 0 Å². The molecular weight excluding hydrogens is 264 g/mol. The molecule has 1 fully saturated rings. The fourth-order valence-corrected chi connectivity index (χ4v) is 2.81. The van der Waals surface area contributed by atoms with Gasteiger partial charge < -0.3 is 16.0 Å². The van der Waals surface area contributed by atoms with Crippen LogP contribution in [-0.4, -0.2) is 36.1 Å². The molecule has 1 atom stereocenters. The first-order valence-electron chi connectivity index (χ1n) is 7.76. The molecule has 1 aromatic heterocycles. The van der Waals surface area contributed by atoms with E-state index in [1.165, 1.54) is 19.3 Å². The average molecular weight is 290 g/mol. The van der Waals surface area contributed by atoms with Gasteiger partial charge in [0.25, 0.3) is 5.91 Å². The molecule has 2 rings (SSSR count). The summed E-state index contributed by atoms with van der Waals surface area (Å²) in [5, 5.41) is 3.55. The summed E-state index contributed by atoms with van der Waals surface area (Å²) >= 11 is 0. The van der Waals surface area contributed by atoms with Gasteiger partial charge in [-0.25, -0.2) is 4.98 Å². The van der Waals surface area contributed by atoms with Gasteiger partial charge in [-0.15, -0.1) is 0 Å². The fraction of sp³-hybridized carbons (Fsp3) is 0.625. The Hall–Kier alpha value is -1.62. The van der Waals surface area contributed by atoms with Crippen LogP contribution in [0.2, 0.25) is 0 Å². The standard InChI is InChI=1S/C16H26N4O/c1-11(2)20(10-13-6-4-5-9-18-13)16-14(15(17)21)8-7-12(3)19-16/h7-8,11,13,18H,4-6,9-10H2,1-3H3,(H2,17,21). The Kier molecular flexibility index (Phi) is 5.17. The number of aryl methyl sites for hydroxylation is 1. The van der Waals surface area contributed by atoms with Gasteiger partial charge in [0.15, 0.2) is 0 Å². The Morgan fingerprint density at radius 3 is 2.81 bits per heavy atom. The highest BCUT2D eigenvalue weighted by Crippen LogP contribution is 2.22. The summed E-state index contributed by atoms with van der Waals surface area (Å²) in [6.07, 6.45) is 3.67. The molecule has 1 aliphatic heterocycles. The van der Waals surface area contributed by atoms with E-state index in [2.05, 4.69) is 29.0 Å². The minimum atomic E-state index is -0.417. The van der Waals surface area contributed by atoms with Crippen LogP contribution in [0.4, 0.5) is 5.82 Å². The molecule has 1 amide bonds. The van der Waals surface area contributed by atoms with Crippen molar-refractivity contribution in [3.63, 3.8) is 0 Å². The molecule has 0 aromatic carbocycles. The molecule has 21 heavy (non-hydrogen) atoms. The zero-order chi connectivity index (χ0) is 15.4. The molecule has 0 aliphatic carbocycles. The Labute approximate surface area is 126 Å². The summed E-state index contributed by atoms with van der Waals surface area (Å²) in [6.45, 7) is 8.11. The van der Waals surface area contributed by atoms with Crippen molar-refractivity contribution in [3.8, 4) is 0 Å². The third-order valence-electron chi connectivity index (χ3n) is 4.00. The molecule has 1 saturated heterocycles. The maximum absolute atomic E-state index is 11.7. The molecular formula is C16H26N4O. The van der Waals surface area contributed by atoms with E-state index in [9.17, 15) is 4.79 Å². The number of pyridine rings is 1. The van der Waals surface area contributed by atoms with E-state index in [4.69, 9.17) is 5.73 Å². The number of anilines is 1. The summed E-state index contributed by atoms with van der Waals surface area (Å²) in [7, 11) is 0. The van der Waals surface area contributed by atoms with Gasteiger partial charge >= 0.3 is 0 Å². The van der Waals surface area contributed by atoms with Gasteiger partial charge in [0.1, 0.15) is 5.82 Å². The van der Waals surface area contributed by atoms with E-state index in [1.807, 2.05) is 13.0 Å². The minimum Gasteiger partial charge on any atom is -0.365 e. The number of nitrogens with zero attached hydrogens (tertiary/aromatic N) is 2. The number of rotatable bonds is 5. The van der Waals surface area contributed by atoms with Crippen LogP contribution in [0, 0.1) is 6.92 Å². The van der Waals surface area contributed by atoms with Crippen molar-refractivity contribution in [3.05, 3.63) is 23.4 Å². The topological polar surface area (TPSA) is 71.2 Å². The fourth-order valence-electron chi connectivity index (χ4n) is 2.81. The second kappa shape index (κ2) is 6.89. The number of hydrogen-bond donors (Lipinski definition) is 2. The van der Waals surface area contributed by atoms with E-state index in [-0.39, 0.29) is 6.04 Å². The first-order valence-corrected chi connectivity index (χ1v) is 7.76. The van der Waals surface area contributed by atoms with Gasteiger partial charge in [0.2, 0.25) is 0 Å².